The summed E-state index contributed by atoms with van der Waals surface area (Å²) in [6.45, 7) is 0. The van der Waals surface area contributed by atoms with E-state index in [0.29, 0.717) is 6.08 Å². The average molecular weight is 334 g/mol. The molecule has 4 N–H and O–H groups in total. The molecule has 0 aliphatic carbocycles. The fraction of sp³-hybridized carbons (Fsp3) is 0. The summed E-state index contributed by atoms with van der Waals surface area (Å²) in [4.78, 5) is 14.1. The van der Waals surface area contributed by atoms with Crippen LogP contribution in [0.3, 0.4) is 0 Å². The van der Waals surface area contributed by atoms with Gasteiger partial charge in [-0.25, -0.2) is 15.2 Å². The van der Waals surface area contributed by atoms with Gasteiger partial charge >= 0.3 is 5.97 Å². The predicted molar refractivity (Wildman–Crippen MR) is 68.7 cm³/mol. The van der Waals surface area contributed by atoms with Crippen molar-refractivity contribution >= 4 is 27.6 Å². The highest BCUT2D eigenvalue weighted by atomic mass is 32.2. The van der Waals surface area contributed by atoms with Crippen molar-refractivity contribution in [2.45, 2.75) is 4.90 Å². The third kappa shape index (κ3) is 3.55. The summed E-state index contributed by atoms with van der Waals surface area (Å²) in [5.41, 5.74) is 2.63. The standard InChI is InChI=1S/C10H8F2N4O5S/c11-8-4-9(15-16(12)14-8)13-7-3-5(22(19,20)21)1-2-6(7)10(17)18/h1-4,14H,(H,13,15)(H,17,18)(H,19,20,21). The van der Waals surface area contributed by atoms with Gasteiger partial charge in [0.2, 0.25) is 5.95 Å². The van der Waals surface area contributed by atoms with Crippen LogP contribution in [0.5, 0.6) is 0 Å². The molecule has 0 saturated heterocycles. The third-order valence-corrected chi connectivity index (χ3v) is 3.27. The van der Waals surface area contributed by atoms with Gasteiger partial charge < -0.3 is 5.11 Å². The highest BCUT2D eigenvalue weighted by molar-refractivity contribution is 7.85. The fourth-order valence-electron chi connectivity index (χ4n) is 1.54. The van der Waals surface area contributed by atoms with Gasteiger partial charge in [-0.05, 0) is 18.2 Å². The van der Waals surface area contributed by atoms with Gasteiger partial charge in [0.25, 0.3) is 10.1 Å². The van der Waals surface area contributed by atoms with Crippen LogP contribution in [-0.4, -0.2) is 35.2 Å². The molecule has 0 radical (unpaired) electrons. The topological polar surface area (TPSA) is 131 Å². The fourth-order valence-corrected chi connectivity index (χ4v) is 2.04. The summed E-state index contributed by atoms with van der Waals surface area (Å²) < 4.78 is 57.0. The molecule has 0 unspecified atom stereocenters. The molecule has 0 spiro atoms. The number of hydrogen-bond donors (Lipinski definition) is 4. The van der Waals surface area contributed by atoms with Crippen molar-refractivity contribution in [3.8, 4) is 0 Å². The molecule has 0 fully saturated rings. The Morgan fingerprint density at radius 1 is 1.32 bits per heavy atom. The van der Waals surface area contributed by atoms with E-state index in [9.17, 15) is 22.1 Å². The van der Waals surface area contributed by atoms with Crippen molar-refractivity contribution in [3.05, 3.63) is 35.8 Å². The van der Waals surface area contributed by atoms with Crippen LogP contribution < -0.4 is 10.9 Å². The molecule has 9 nitrogen and oxygen atoms in total. The first-order valence-corrected chi connectivity index (χ1v) is 6.91. The molecule has 2 rings (SSSR count). The molecule has 0 atom stereocenters. The Hall–Kier alpha value is -2.57. The Balaban J connectivity index is 2.57. The minimum atomic E-state index is -4.60. The Morgan fingerprint density at radius 3 is 2.55 bits per heavy atom. The molecule has 0 bridgehead atoms. The van der Waals surface area contributed by atoms with Crippen molar-refractivity contribution in [1.29, 1.82) is 0 Å². The molecule has 22 heavy (non-hydrogen) atoms. The van der Waals surface area contributed by atoms with Crippen molar-refractivity contribution in [2.75, 3.05) is 0 Å². The van der Waals surface area contributed by atoms with Crippen LogP contribution in [0.2, 0.25) is 0 Å². The molecule has 12 heteroatoms. The molecule has 1 aromatic rings. The maximum Gasteiger partial charge on any atom is 0.337 e. The second kappa shape index (κ2) is 5.67. The number of nitrogens with zero attached hydrogens (tertiary/aromatic N) is 2. The Bertz CT molecular complexity index is 793. The number of halogens is 2. The lowest BCUT2D eigenvalue weighted by molar-refractivity contribution is -0.0612. The van der Waals surface area contributed by atoms with Crippen LogP contribution in [0.25, 0.3) is 0 Å². The summed E-state index contributed by atoms with van der Waals surface area (Å²) in [5.74, 6) is -3.01. The Labute approximate surface area is 122 Å². The molecular weight excluding hydrogens is 326 g/mol. The van der Waals surface area contributed by atoms with Gasteiger partial charge in [-0.2, -0.15) is 12.8 Å². The highest BCUT2D eigenvalue weighted by Crippen LogP contribution is 2.24. The first kappa shape index (κ1) is 15.8. The number of aromatic carboxylic acids is 1. The van der Waals surface area contributed by atoms with Gasteiger partial charge in [-0.3, -0.25) is 9.98 Å². The van der Waals surface area contributed by atoms with E-state index >= 15 is 0 Å². The number of aliphatic imine (C=N–C) groups is 1. The number of carbonyl (C=O) groups is 1. The molecule has 0 saturated carbocycles. The zero-order chi connectivity index (χ0) is 16.5. The van der Waals surface area contributed by atoms with Crippen molar-refractivity contribution < 1.29 is 31.7 Å². The van der Waals surface area contributed by atoms with Gasteiger partial charge in [0.1, 0.15) is 5.84 Å². The Kier molecular flexibility index (Phi) is 4.07. The van der Waals surface area contributed by atoms with Crippen molar-refractivity contribution in [1.82, 2.24) is 16.2 Å². The zero-order valence-corrected chi connectivity index (χ0v) is 11.3. The van der Waals surface area contributed by atoms with Gasteiger partial charge in [-0.1, -0.05) is 4.48 Å². The van der Waals surface area contributed by atoms with E-state index in [1.807, 2.05) is 5.43 Å². The zero-order valence-electron chi connectivity index (χ0n) is 10.5. The SMILES string of the molecule is O=C(O)c1ccc(S(=O)(=O)O)cc1N=C1C=C(F)NN(F)N1. The van der Waals surface area contributed by atoms with Gasteiger partial charge in [0.15, 0.2) is 0 Å². The van der Waals surface area contributed by atoms with E-state index in [4.69, 9.17) is 9.66 Å². The number of rotatable bonds is 3. The highest BCUT2D eigenvalue weighted by Gasteiger charge is 2.19. The summed E-state index contributed by atoms with van der Waals surface area (Å²) >= 11 is 0. The summed E-state index contributed by atoms with van der Waals surface area (Å²) in [5, 5.41) is 8.63. The Morgan fingerprint density at radius 2 is 2.00 bits per heavy atom. The minimum absolute atomic E-state index is 0.374. The number of hydrogen-bond acceptors (Lipinski definition) is 6. The lowest BCUT2D eigenvalue weighted by Crippen LogP contribution is -2.47. The smallest absolute Gasteiger partial charge is 0.337 e. The van der Waals surface area contributed by atoms with E-state index < -0.39 is 44.0 Å². The number of amidine groups is 1. The molecule has 1 aliphatic heterocycles. The number of carboxylic acid groups (broad SMARTS) is 1. The first-order chi connectivity index (χ1) is 10.2. The van der Waals surface area contributed by atoms with Crippen LogP contribution in [-0.2, 0) is 10.1 Å². The second-order valence-electron chi connectivity index (χ2n) is 3.95. The minimum Gasteiger partial charge on any atom is -0.478 e. The predicted octanol–water partition coefficient (Wildman–Crippen LogP) is 0.682. The quantitative estimate of drug-likeness (QED) is 0.360. The second-order valence-corrected chi connectivity index (χ2v) is 5.37. The van der Waals surface area contributed by atoms with E-state index in [0.717, 1.165) is 18.2 Å². The normalized spacial score (nSPS) is 17.6. The van der Waals surface area contributed by atoms with Crippen LogP contribution in [0, 0.1) is 0 Å². The molecule has 1 aromatic carbocycles. The lowest BCUT2D eigenvalue weighted by Gasteiger charge is -2.19. The molecule has 0 amide bonds. The summed E-state index contributed by atoms with van der Waals surface area (Å²) in [6.07, 6.45) is 0.710. The number of benzene rings is 1. The van der Waals surface area contributed by atoms with Gasteiger partial charge in [-0.15, -0.1) is 0 Å². The molecule has 0 aromatic heterocycles. The maximum absolute atomic E-state index is 13.0. The lowest BCUT2D eigenvalue weighted by atomic mass is 10.2. The largest absolute Gasteiger partial charge is 0.478 e. The molecular formula is C10H8F2N4O5S. The number of carboxylic acids is 1. The number of nitrogens with one attached hydrogen (secondary N) is 2. The average Bonchev–Trinajstić information content (AvgIpc) is 2.35. The molecule has 1 heterocycles. The van der Waals surface area contributed by atoms with E-state index in [1.165, 1.54) is 0 Å². The van der Waals surface area contributed by atoms with Crippen LogP contribution in [0.4, 0.5) is 14.6 Å². The van der Waals surface area contributed by atoms with Gasteiger partial charge in [0.05, 0.1) is 16.1 Å². The van der Waals surface area contributed by atoms with E-state index in [-0.39, 0.29) is 5.34 Å². The molecule has 118 valence electrons. The van der Waals surface area contributed by atoms with Crippen molar-refractivity contribution in [2.24, 2.45) is 4.99 Å². The van der Waals surface area contributed by atoms with E-state index in [2.05, 4.69) is 4.99 Å². The van der Waals surface area contributed by atoms with Crippen LogP contribution in [0.15, 0.2) is 40.1 Å². The summed E-state index contributed by atoms with van der Waals surface area (Å²) in [7, 11) is -4.60. The van der Waals surface area contributed by atoms with Crippen molar-refractivity contribution in [3.63, 3.8) is 0 Å². The third-order valence-electron chi connectivity index (χ3n) is 2.42. The van der Waals surface area contributed by atoms with E-state index in [1.54, 1.807) is 5.43 Å². The number of hydrazine groups is 2. The maximum atomic E-state index is 13.0. The van der Waals surface area contributed by atoms with Crippen LogP contribution >= 0.6 is 0 Å². The van der Waals surface area contributed by atoms with Crippen LogP contribution in [0.1, 0.15) is 10.4 Å². The first-order valence-electron chi connectivity index (χ1n) is 5.47. The molecule has 1 aliphatic rings. The summed E-state index contributed by atoms with van der Waals surface area (Å²) in [6, 6.07) is 2.50. The monoisotopic (exact) mass is 334 g/mol. The van der Waals surface area contributed by atoms with Gasteiger partial charge in [0, 0.05) is 11.4 Å².